The van der Waals surface area contributed by atoms with Gasteiger partial charge in [0.25, 0.3) is 0 Å². The van der Waals surface area contributed by atoms with Crippen molar-refractivity contribution in [3.8, 4) is 28.5 Å². The highest BCUT2D eigenvalue weighted by atomic mass is 15.1. The normalized spacial score (nSPS) is 11.2. The van der Waals surface area contributed by atoms with Crippen molar-refractivity contribution in [2.75, 3.05) is 0 Å². The molecular weight excluding hydrogens is 442 g/mol. The van der Waals surface area contributed by atoms with Crippen molar-refractivity contribution >= 4 is 16.7 Å². The third kappa shape index (κ3) is 3.93. The summed E-state index contributed by atoms with van der Waals surface area (Å²) in [5, 5.41) is 9.47. The molecular formula is C31H25N5. The number of imidazole rings is 2. The van der Waals surface area contributed by atoms with Crippen LogP contribution in [0.1, 0.15) is 30.3 Å². The van der Waals surface area contributed by atoms with Gasteiger partial charge in [-0.25, -0.2) is 9.97 Å². The molecule has 0 fully saturated rings. The Bertz CT molecular complexity index is 1700. The number of hydrogen-bond acceptors (Lipinski definition) is 3. The summed E-state index contributed by atoms with van der Waals surface area (Å²) in [4.78, 5) is 9.77. The number of aryl methyl sites for hydroxylation is 1. The lowest BCUT2D eigenvalue weighted by Crippen LogP contribution is -2.05. The Balaban J connectivity index is 1.38. The van der Waals surface area contributed by atoms with Gasteiger partial charge in [0.05, 0.1) is 28.4 Å². The maximum absolute atomic E-state index is 9.47. The lowest BCUT2D eigenvalue weighted by atomic mass is 9.99. The molecule has 5 heteroatoms. The fourth-order valence-electron chi connectivity index (χ4n) is 4.80. The quantitative estimate of drug-likeness (QED) is 0.268. The number of nitriles is 1. The summed E-state index contributed by atoms with van der Waals surface area (Å²) in [5.74, 6) is 1.10. The zero-order valence-corrected chi connectivity index (χ0v) is 20.1. The first-order valence-corrected chi connectivity index (χ1v) is 12.2. The number of nitrogens with zero attached hydrogens (tertiary/aromatic N) is 5. The maximum atomic E-state index is 9.47. The van der Waals surface area contributed by atoms with E-state index in [-0.39, 0.29) is 0 Å². The van der Waals surface area contributed by atoms with Crippen LogP contribution >= 0.6 is 0 Å². The van der Waals surface area contributed by atoms with Crippen LogP contribution in [0.4, 0.5) is 0 Å². The van der Waals surface area contributed by atoms with Crippen LogP contribution in [-0.4, -0.2) is 18.9 Å². The first kappa shape index (κ1) is 21.8. The monoisotopic (exact) mass is 467 g/mol. The smallest absolute Gasteiger partial charge is 0.137 e. The molecule has 6 rings (SSSR count). The molecule has 3 aromatic carbocycles. The molecule has 0 saturated carbocycles. The van der Waals surface area contributed by atoms with E-state index in [0.29, 0.717) is 5.56 Å². The van der Waals surface area contributed by atoms with Crippen molar-refractivity contribution in [1.82, 2.24) is 18.9 Å². The van der Waals surface area contributed by atoms with Crippen LogP contribution in [0.2, 0.25) is 0 Å². The van der Waals surface area contributed by atoms with Gasteiger partial charge in [0.1, 0.15) is 11.5 Å². The Morgan fingerprint density at radius 1 is 0.861 bits per heavy atom. The summed E-state index contributed by atoms with van der Waals surface area (Å²) >= 11 is 0. The molecule has 0 atom stereocenters. The molecule has 0 bridgehead atoms. The summed E-state index contributed by atoms with van der Waals surface area (Å²) < 4.78 is 4.38. The van der Waals surface area contributed by atoms with Crippen LogP contribution in [0.25, 0.3) is 39.1 Å². The van der Waals surface area contributed by atoms with E-state index in [1.807, 2.05) is 53.1 Å². The molecule has 0 aliphatic rings. The molecule has 0 aliphatic carbocycles. The molecule has 0 spiro atoms. The Hall–Kier alpha value is -4.69. The van der Waals surface area contributed by atoms with E-state index in [4.69, 9.17) is 9.97 Å². The van der Waals surface area contributed by atoms with Crippen LogP contribution in [0.3, 0.4) is 0 Å². The molecule has 0 amide bonds. The SMILES string of the molecule is CCCc1nc2ccc(-c3cn4ccccc4n3)cc2n1Cc1ccc(-c2ccccc2C#N)cc1. The molecule has 36 heavy (non-hydrogen) atoms. The van der Waals surface area contributed by atoms with Crippen molar-refractivity contribution in [1.29, 1.82) is 5.26 Å². The summed E-state index contributed by atoms with van der Waals surface area (Å²) in [7, 11) is 0. The van der Waals surface area contributed by atoms with Gasteiger partial charge < -0.3 is 8.97 Å². The Labute approximate surface area is 209 Å². The molecule has 0 radical (unpaired) electrons. The van der Waals surface area contributed by atoms with Gasteiger partial charge in [-0.05, 0) is 53.4 Å². The average molecular weight is 468 g/mol. The van der Waals surface area contributed by atoms with E-state index in [0.717, 1.165) is 64.3 Å². The summed E-state index contributed by atoms with van der Waals surface area (Å²) in [6, 6.07) is 31.0. The van der Waals surface area contributed by atoms with E-state index in [2.05, 4.69) is 66.2 Å². The zero-order chi connectivity index (χ0) is 24.5. The molecule has 3 aromatic heterocycles. The van der Waals surface area contributed by atoms with Crippen molar-refractivity contribution in [2.45, 2.75) is 26.3 Å². The van der Waals surface area contributed by atoms with Gasteiger partial charge in [-0.1, -0.05) is 61.5 Å². The third-order valence-corrected chi connectivity index (χ3v) is 6.61. The van der Waals surface area contributed by atoms with Crippen LogP contribution in [0.5, 0.6) is 0 Å². The van der Waals surface area contributed by atoms with Crippen molar-refractivity contribution in [3.63, 3.8) is 0 Å². The Morgan fingerprint density at radius 2 is 1.67 bits per heavy atom. The van der Waals surface area contributed by atoms with Gasteiger partial charge in [-0.3, -0.25) is 0 Å². The highest BCUT2D eigenvalue weighted by Gasteiger charge is 2.14. The molecule has 0 aliphatic heterocycles. The second-order valence-corrected chi connectivity index (χ2v) is 9.01. The molecule has 6 aromatic rings. The maximum Gasteiger partial charge on any atom is 0.137 e. The standard InChI is InChI=1S/C31H25N5/c1-2-7-31-33-27-16-15-24(28-21-35-17-6-5-10-30(35)34-28)18-29(27)36(31)20-22-11-13-23(14-12-22)26-9-4-3-8-25(26)19-32/h3-6,8-18,21H,2,7,20H2,1H3. The predicted molar refractivity (Wildman–Crippen MR) is 144 cm³/mol. The lowest BCUT2D eigenvalue weighted by Gasteiger charge is -2.11. The highest BCUT2D eigenvalue weighted by molar-refractivity contribution is 5.82. The Kier molecular flexibility index (Phi) is 5.55. The first-order valence-electron chi connectivity index (χ1n) is 12.2. The molecule has 174 valence electrons. The molecule has 0 saturated heterocycles. The summed E-state index contributed by atoms with van der Waals surface area (Å²) in [6.07, 6.45) is 6.05. The first-order chi connectivity index (χ1) is 17.7. The van der Waals surface area contributed by atoms with E-state index < -0.39 is 0 Å². The van der Waals surface area contributed by atoms with Gasteiger partial charge in [0, 0.05) is 30.9 Å². The fraction of sp³-hybridized carbons (Fsp3) is 0.129. The predicted octanol–water partition coefficient (Wildman–Crippen LogP) is 6.89. The number of rotatable bonds is 6. The average Bonchev–Trinajstić information content (AvgIpc) is 3.50. The van der Waals surface area contributed by atoms with Crippen molar-refractivity contribution in [3.05, 3.63) is 114 Å². The van der Waals surface area contributed by atoms with Gasteiger partial charge >= 0.3 is 0 Å². The highest BCUT2D eigenvalue weighted by Crippen LogP contribution is 2.28. The van der Waals surface area contributed by atoms with Crippen LogP contribution in [0.15, 0.2) is 97.3 Å². The molecule has 0 N–H and O–H groups in total. The van der Waals surface area contributed by atoms with E-state index >= 15 is 0 Å². The minimum absolute atomic E-state index is 0.690. The van der Waals surface area contributed by atoms with E-state index in [1.165, 1.54) is 5.56 Å². The van der Waals surface area contributed by atoms with Crippen molar-refractivity contribution in [2.24, 2.45) is 0 Å². The van der Waals surface area contributed by atoms with Crippen LogP contribution < -0.4 is 0 Å². The van der Waals surface area contributed by atoms with Gasteiger partial charge in [-0.2, -0.15) is 5.26 Å². The largest absolute Gasteiger partial charge is 0.323 e. The van der Waals surface area contributed by atoms with Crippen LogP contribution in [0, 0.1) is 11.3 Å². The van der Waals surface area contributed by atoms with Crippen LogP contribution in [-0.2, 0) is 13.0 Å². The zero-order valence-electron chi connectivity index (χ0n) is 20.1. The minimum Gasteiger partial charge on any atom is -0.323 e. The third-order valence-electron chi connectivity index (χ3n) is 6.61. The molecule has 3 heterocycles. The number of hydrogen-bond donors (Lipinski definition) is 0. The van der Waals surface area contributed by atoms with Gasteiger partial charge in [0.15, 0.2) is 0 Å². The second kappa shape index (κ2) is 9.16. The number of aromatic nitrogens is 4. The van der Waals surface area contributed by atoms with Gasteiger partial charge in [0.2, 0.25) is 0 Å². The topological polar surface area (TPSA) is 58.9 Å². The fourth-order valence-corrected chi connectivity index (χ4v) is 4.80. The summed E-state index contributed by atoms with van der Waals surface area (Å²) in [6.45, 7) is 2.92. The Morgan fingerprint density at radius 3 is 2.47 bits per heavy atom. The number of pyridine rings is 1. The van der Waals surface area contributed by atoms with Gasteiger partial charge in [-0.15, -0.1) is 0 Å². The molecule has 0 unspecified atom stereocenters. The lowest BCUT2D eigenvalue weighted by molar-refractivity contribution is 0.722. The number of fused-ring (bicyclic) bond motifs is 2. The molecule has 5 nitrogen and oxygen atoms in total. The minimum atomic E-state index is 0.690. The van der Waals surface area contributed by atoms with E-state index in [1.54, 1.807) is 0 Å². The second-order valence-electron chi connectivity index (χ2n) is 9.01. The number of benzene rings is 3. The summed E-state index contributed by atoms with van der Waals surface area (Å²) in [5.41, 5.74) is 8.99. The van der Waals surface area contributed by atoms with Crippen molar-refractivity contribution < 1.29 is 0 Å². The van der Waals surface area contributed by atoms with E-state index in [9.17, 15) is 5.26 Å².